The molecular weight excluding hydrogens is 619 g/mol. The largest absolute Gasteiger partial charge is 0.545 e. The SMILES string of the molecule is C=C(O[Si](CC)(CC)CC)[C@H]1O[C@@H]1CCCc1c(CO[Si](c2ccccc2)(c2ccccc2)C(C)(C)C)ccn1C(=O)OC(C)(C)C. The van der Waals surface area contributed by atoms with Crippen molar-refractivity contribution in [3.8, 4) is 0 Å². The molecule has 1 aliphatic heterocycles. The fourth-order valence-corrected chi connectivity index (χ4v) is 13.9. The number of ether oxygens (including phenoxy) is 2. The number of aromatic nitrogens is 1. The molecule has 2 atom stereocenters. The van der Waals surface area contributed by atoms with Crippen LogP contribution in [0.1, 0.15) is 86.4 Å². The Labute approximate surface area is 285 Å². The number of carbonyl (C=O) groups is 1. The van der Waals surface area contributed by atoms with Crippen LogP contribution >= 0.6 is 0 Å². The highest BCUT2D eigenvalue weighted by molar-refractivity contribution is 6.99. The Hall–Kier alpha value is -2.92. The average molecular weight is 676 g/mol. The molecule has 0 N–H and O–H groups in total. The summed E-state index contributed by atoms with van der Waals surface area (Å²) in [6.45, 7) is 23.9. The van der Waals surface area contributed by atoms with E-state index in [9.17, 15) is 4.79 Å². The molecular formula is C39H57NO5Si2. The lowest BCUT2D eigenvalue weighted by Gasteiger charge is -2.43. The van der Waals surface area contributed by atoms with Gasteiger partial charge in [-0.15, -0.1) is 0 Å². The summed E-state index contributed by atoms with van der Waals surface area (Å²) < 4.78 is 27.3. The van der Waals surface area contributed by atoms with Crippen LogP contribution in [-0.4, -0.2) is 45.1 Å². The molecule has 4 rings (SSSR count). The highest BCUT2D eigenvalue weighted by Crippen LogP contribution is 2.39. The van der Waals surface area contributed by atoms with Gasteiger partial charge in [0.05, 0.1) is 12.7 Å². The van der Waals surface area contributed by atoms with Gasteiger partial charge in [0.15, 0.2) is 0 Å². The molecule has 0 unspecified atom stereocenters. The van der Waals surface area contributed by atoms with Crippen LogP contribution in [0.3, 0.4) is 0 Å². The van der Waals surface area contributed by atoms with Gasteiger partial charge in [-0.1, -0.05) is 109 Å². The van der Waals surface area contributed by atoms with Crippen LogP contribution in [0.5, 0.6) is 0 Å². The second kappa shape index (κ2) is 15.1. The fourth-order valence-electron chi connectivity index (χ4n) is 6.77. The summed E-state index contributed by atoms with van der Waals surface area (Å²) in [7, 11) is -4.55. The second-order valence-corrected chi connectivity index (χ2v) is 23.9. The number of hydrogen-bond acceptors (Lipinski definition) is 5. The molecule has 0 amide bonds. The Balaban J connectivity index is 1.57. The zero-order chi connectivity index (χ0) is 34.5. The van der Waals surface area contributed by atoms with Gasteiger partial charge in [-0.05, 0) is 85.2 Å². The summed E-state index contributed by atoms with van der Waals surface area (Å²) in [5.74, 6) is 0.795. The highest BCUT2D eigenvalue weighted by Gasteiger charge is 2.50. The molecule has 0 saturated carbocycles. The maximum Gasteiger partial charge on any atom is 0.418 e. The van der Waals surface area contributed by atoms with Gasteiger partial charge in [0.1, 0.15) is 17.5 Å². The highest BCUT2D eigenvalue weighted by atomic mass is 28.4. The quantitative estimate of drug-likeness (QED) is 0.0915. The van der Waals surface area contributed by atoms with Crippen molar-refractivity contribution in [2.24, 2.45) is 0 Å². The third kappa shape index (κ3) is 8.58. The van der Waals surface area contributed by atoms with E-state index >= 15 is 0 Å². The molecule has 3 aromatic rings. The maximum absolute atomic E-state index is 13.4. The van der Waals surface area contributed by atoms with E-state index in [-0.39, 0.29) is 23.3 Å². The molecule has 2 aromatic carbocycles. The van der Waals surface area contributed by atoms with Crippen molar-refractivity contribution in [3.63, 3.8) is 0 Å². The molecule has 0 bridgehead atoms. The number of carbonyl (C=O) groups excluding carboxylic acids is 1. The van der Waals surface area contributed by atoms with Gasteiger partial charge in [-0.25, -0.2) is 4.79 Å². The standard InChI is InChI=1S/C39H57NO5Si2/c1-11-46(12-2,13-3)45-30(4)36-35(43-36)26-20-25-34-31(27-28-40(34)37(41)44-38(5,6)7)29-42-47(39(8,9)10,32-21-16-14-17-22-32)33-23-18-15-19-24-33/h14-19,21-24,27-28,35-36H,4,11-13,20,25-26,29H2,1-3,5-10H3/t35-,36-/m1/s1. The Morgan fingerprint density at radius 2 is 1.43 bits per heavy atom. The van der Waals surface area contributed by atoms with Crippen molar-refractivity contribution < 1.29 is 23.1 Å². The Morgan fingerprint density at radius 3 is 1.91 bits per heavy atom. The Bertz CT molecular complexity index is 1420. The van der Waals surface area contributed by atoms with Gasteiger partial charge in [0, 0.05) is 11.9 Å². The van der Waals surface area contributed by atoms with Crippen LogP contribution in [0, 0.1) is 0 Å². The molecule has 1 aromatic heterocycles. The Kier molecular flexibility index (Phi) is 11.9. The summed E-state index contributed by atoms with van der Waals surface area (Å²) in [6.07, 6.45) is 3.94. The van der Waals surface area contributed by atoms with Crippen LogP contribution in [-0.2, 0) is 31.4 Å². The number of hydrogen-bond donors (Lipinski definition) is 0. The number of epoxide rings is 1. The molecule has 0 spiro atoms. The van der Waals surface area contributed by atoms with E-state index in [4.69, 9.17) is 18.3 Å². The second-order valence-electron chi connectivity index (χ2n) is 14.9. The monoisotopic (exact) mass is 675 g/mol. The smallest absolute Gasteiger partial charge is 0.418 e. The first-order valence-corrected chi connectivity index (χ1v) is 21.8. The molecule has 8 heteroatoms. The molecule has 1 fully saturated rings. The summed E-state index contributed by atoms with van der Waals surface area (Å²) >= 11 is 0. The first kappa shape index (κ1) is 36.9. The van der Waals surface area contributed by atoms with Crippen molar-refractivity contribution in [3.05, 3.63) is 96.5 Å². The molecule has 6 nitrogen and oxygen atoms in total. The van der Waals surface area contributed by atoms with Gasteiger partial charge >= 0.3 is 6.09 Å². The lowest BCUT2D eigenvalue weighted by atomic mass is 10.1. The zero-order valence-corrected chi connectivity index (χ0v) is 32.2. The van der Waals surface area contributed by atoms with Gasteiger partial charge in [-0.2, -0.15) is 0 Å². The molecule has 1 aliphatic rings. The number of benzene rings is 2. The van der Waals surface area contributed by atoms with Crippen LogP contribution in [0.2, 0.25) is 23.2 Å². The first-order chi connectivity index (χ1) is 22.2. The van der Waals surface area contributed by atoms with Crippen LogP contribution < -0.4 is 10.4 Å². The van der Waals surface area contributed by atoms with E-state index in [1.54, 1.807) is 4.57 Å². The molecule has 47 heavy (non-hydrogen) atoms. The molecule has 1 saturated heterocycles. The third-order valence-corrected chi connectivity index (χ3v) is 19.2. The van der Waals surface area contributed by atoms with E-state index in [1.165, 1.54) is 10.4 Å². The van der Waals surface area contributed by atoms with E-state index < -0.39 is 22.2 Å². The number of rotatable bonds is 15. The predicted octanol–water partition coefficient (Wildman–Crippen LogP) is 8.97. The maximum atomic E-state index is 13.4. The van der Waals surface area contributed by atoms with E-state index in [2.05, 4.69) is 109 Å². The van der Waals surface area contributed by atoms with E-state index in [0.29, 0.717) is 13.0 Å². The van der Waals surface area contributed by atoms with Gasteiger partial charge in [0.2, 0.25) is 8.32 Å². The van der Waals surface area contributed by atoms with Crippen LogP contribution in [0.4, 0.5) is 4.79 Å². The normalized spacial score (nSPS) is 17.0. The minimum atomic E-state index is -2.77. The Morgan fingerprint density at radius 1 is 0.872 bits per heavy atom. The van der Waals surface area contributed by atoms with Crippen molar-refractivity contribution in [2.45, 2.75) is 129 Å². The first-order valence-electron chi connectivity index (χ1n) is 17.4. The average Bonchev–Trinajstić information content (AvgIpc) is 3.70. The van der Waals surface area contributed by atoms with Gasteiger partial charge in [-0.3, -0.25) is 4.57 Å². The summed E-state index contributed by atoms with van der Waals surface area (Å²) in [4.78, 5) is 13.4. The minimum absolute atomic E-state index is 0.0397. The fraction of sp³-hybridized carbons (Fsp3) is 0.513. The van der Waals surface area contributed by atoms with Crippen molar-refractivity contribution in [2.75, 3.05) is 0 Å². The van der Waals surface area contributed by atoms with Crippen molar-refractivity contribution >= 4 is 33.1 Å². The predicted molar refractivity (Wildman–Crippen MR) is 197 cm³/mol. The summed E-state index contributed by atoms with van der Waals surface area (Å²) in [5.41, 5.74) is 1.33. The third-order valence-electron chi connectivity index (χ3n) is 9.62. The molecule has 0 radical (unpaired) electrons. The van der Waals surface area contributed by atoms with Crippen LogP contribution in [0.15, 0.2) is 85.3 Å². The zero-order valence-electron chi connectivity index (χ0n) is 30.2. The van der Waals surface area contributed by atoms with Crippen molar-refractivity contribution in [1.82, 2.24) is 4.57 Å². The van der Waals surface area contributed by atoms with E-state index in [0.717, 1.165) is 48.0 Å². The van der Waals surface area contributed by atoms with Crippen LogP contribution in [0.25, 0.3) is 0 Å². The number of nitrogens with zero attached hydrogens (tertiary/aromatic N) is 1. The molecule has 2 heterocycles. The lowest BCUT2D eigenvalue weighted by Crippen LogP contribution is -2.66. The van der Waals surface area contributed by atoms with Crippen molar-refractivity contribution in [1.29, 1.82) is 0 Å². The van der Waals surface area contributed by atoms with Gasteiger partial charge < -0.3 is 18.3 Å². The molecule has 0 aliphatic carbocycles. The summed E-state index contributed by atoms with van der Waals surface area (Å²) in [6, 6.07) is 26.6. The molecule has 256 valence electrons. The van der Waals surface area contributed by atoms with E-state index in [1.807, 2.05) is 33.0 Å². The topological polar surface area (TPSA) is 62.2 Å². The lowest BCUT2D eigenvalue weighted by molar-refractivity contribution is 0.0532. The van der Waals surface area contributed by atoms with Gasteiger partial charge in [0.25, 0.3) is 8.32 Å². The summed E-state index contributed by atoms with van der Waals surface area (Å²) in [5, 5.41) is 2.31. The minimum Gasteiger partial charge on any atom is -0.545 e.